The Labute approximate surface area is 135 Å². The number of thiazole rings is 1. The molecule has 2 aromatic carbocycles. The maximum Gasteiger partial charge on any atom is 0.182 e. The van der Waals surface area contributed by atoms with Crippen LogP contribution in [-0.4, -0.2) is 9.19 Å². The van der Waals surface area contributed by atoms with Gasteiger partial charge in [0.15, 0.2) is 4.34 Å². The molecule has 3 nitrogen and oxygen atoms in total. The van der Waals surface area contributed by atoms with Gasteiger partial charge in [0, 0.05) is 15.7 Å². The summed E-state index contributed by atoms with van der Waals surface area (Å²) in [4.78, 5) is 4.33. The number of hydrogen-bond donors (Lipinski definition) is 1. The van der Waals surface area contributed by atoms with Gasteiger partial charge in [0.25, 0.3) is 0 Å². The van der Waals surface area contributed by atoms with Crippen LogP contribution in [0, 0.1) is 5.82 Å². The maximum absolute atomic E-state index is 13.7. The van der Waals surface area contributed by atoms with Gasteiger partial charge in [-0.3, -0.25) is 4.21 Å². The fourth-order valence-corrected chi connectivity index (χ4v) is 4.67. The van der Waals surface area contributed by atoms with Crippen LogP contribution in [0.5, 0.6) is 0 Å². The lowest BCUT2D eigenvalue weighted by atomic mass is 10.2. The van der Waals surface area contributed by atoms with E-state index < -0.39 is 10.8 Å². The molecule has 7 heteroatoms. The fraction of sp³-hybridized carbons (Fsp3) is 0.0714. The van der Waals surface area contributed by atoms with Crippen LogP contribution in [0.3, 0.4) is 0 Å². The molecule has 0 bridgehead atoms. The molecule has 0 aliphatic carbocycles. The molecule has 0 fully saturated rings. The van der Waals surface area contributed by atoms with E-state index in [-0.39, 0.29) is 11.6 Å². The summed E-state index contributed by atoms with van der Waals surface area (Å²) in [5, 5.41) is 0. The van der Waals surface area contributed by atoms with Gasteiger partial charge >= 0.3 is 0 Å². The number of nitrogens with two attached hydrogens (primary N) is 1. The van der Waals surface area contributed by atoms with Crippen LogP contribution in [0.2, 0.25) is 0 Å². The molecule has 1 aromatic heterocycles. The number of fused-ring (bicyclic) bond motifs is 1. The van der Waals surface area contributed by atoms with E-state index in [9.17, 15) is 8.60 Å². The predicted molar refractivity (Wildman–Crippen MR) is 88.2 cm³/mol. The SMILES string of the molecule is Nc1ccc2nc(S(=O)Cc3cc(Br)ccc3F)sc2c1. The Morgan fingerprint density at radius 3 is 2.90 bits per heavy atom. The molecule has 3 aromatic rings. The first kappa shape index (κ1) is 14.6. The Morgan fingerprint density at radius 2 is 2.10 bits per heavy atom. The van der Waals surface area contributed by atoms with Crippen molar-refractivity contribution < 1.29 is 8.60 Å². The minimum atomic E-state index is -1.39. The van der Waals surface area contributed by atoms with E-state index in [4.69, 9.17) is 5.73 Å². The highest BCUT2D eigenvalue weighted by atomic mass is 79.9. The minimum absolute atomic E-state index is 0.0978. The van der Waals surface area contributed by atoms with Gasteiger partial charge in [0.1, 0.15) is 5.82 Å². The van der Waals surface area contributed by atoms with Crippen molar-refractivity contribution >= 4 is 54.0 Å². The number of rotatable bonds is 3. The van der Waals surface area contributed by atoms with E-state index in [2.05, 4.69) is 20.9 Å². The summed E-state index contributed by atoms with van der Waals surface area (Å²) in [6.07, 6.45) is 0. The maximum atomic E-state index is 13.7. The normalized spacial score (nSPS) is 12.7. The van der Waals surface area contributed by atoms with Gasteiger partial charge < -0.3 is 5.73 Å². The molecule has 0 saturated heterocycles. The topological polar surface area (TPSA) is 56.0 Å². The molecule has 0 amide bonds. The molecule has 0 saturated carbocycles. The van der Waals surface area contributed by atoms with Crippen LogP contribution in [-0.2, 0) is 16.6 Å². The fourth-order valence-electron chi connectivity index (χ4n) is 1.87. The van der Waals surface area contributed by atoms with E-state index in [0.29, 0.717) is 15.6 Å². The van der Waals surface area contributed by atoms with Crippen LogP contribution in [0.25, 0.3) is 10.2 Å². The van der Waals surface area contributed by atoms with Crippen molar-refractivity contribution in [3.05, 3.63) is 52.3 Å². The van der Waals surface area contributed by atoms with E-state index in [1.165, 1.54) is 17.4 Å². The predicted octanol–water partition coefficient (Wildman–Crippen LogP) is 4.09. The smallest absolute Gasteiger partial charge is 0.182 e. The third-order valence-corrected chi connectivity index (χ3v) is 6.05. The van der Waals surface area contributed by atoms with Gasteiger partial charge in [0.05, 0.1) is 26.8 Å². The molecular formula is C14H10BrFN2OS2. The second kappa shape index (κ2) is 5.82. The lowest BCUT2D eigenvalue weighted by Crippen LogP contribution is -1.98. The number of nitrogens with zero attached hydrogens (tertiary/aromatic N) is 1. The number of anilines is 1. The highest BCUT2D eigenvalue weighted by Gasteiger charge is 2.14. The Hall–Kier alpha value is -1.31. The number of aromatic nitrogens is 1. The van der Waals surface area contributed by atoms with Crippen LogP contribution >= 0.6 is 27.3 Å². The first-order valence-corrected chi connectivity index (χ1v) is 8.94. The Bertz CT molecular complexity index is 850. The zero-order chi connectivity index (χ0) is 15.0. The molecule has 3 rings (SSSR count). The molecule has 0 aliphatic rings. The van der Waals surface area contributed by atoms with Crippen molar-refractivity contribution in [2.24, 2.45) is 0 Å². The standard InChI is InChI=1S/C14H10BrFN2OS2/c15-9-1-3-11(16)8(5-9)7-21(19)14-18-12-4-2-10(17)6-13(12)20-14/h1-6H,7,17H2. The van der Waals surface area contributed by atoms with Gasteiger partial charge in [-0.25, -0.2) is 9.37 Å². The van der Waals surface area contributed by atoms with E-state index in [0.717, 1.165) is 14.7 Å². The van der Waals surface area contributed by atoms with Crippen molar-refractivity contribution in [1.29, 1.82) is 0 Å². The van der Waals surface area contributed by atoms with Crippen LogP contribution in [0.15, 0.2) is 45.2 Å². The van der Waals surface area contributed by atoms with E-state index >= 15 is 0 Å². The zero-order valence-corrected chi connectivity index (χ0v) is 13.9. The zero-order valence-electron chi connectivity index (χ0n) is 10.7. The van der Waals surface area contributed by atoms with E-state index in [1.54, 1.807) is 30.3 Å². The average molecular weight is 385 g/mol. The number of benzene rings is 2. The van der Waals surface area contributed by atoms with E-state index in [1.807, 2.05) is 0 Å². The molecule has 0 spiro atoms. The monoisotopic (exact) mass is 384 g/mol. The molecular weight excluding hydrogens is 375 g/mol. The van der Waals surface area contributed by atoms with Crippen molar-refractivity contribution in [2.75, 3.05) is 5.73 Å². The number of nitrogen functional groups attached to an aromatic ring is 1. The number of hydrogen-bond acceptors (Lipinski definition) is 4. The summed E-state index contributed by atoms with van der Waals surface area (Å²) in [6, 6.07) is 9.95. The van der Waals surface area contributed by atoms with Gasteiger partial charge in [0.2, 0.25) is 0 Å². The molecule has 21 heavy (non-hydrogen) atoms. The molecule has 1 unspecified atom stereocenters. The Balaban J connectivity index is 1.91. The van der Waals surface area contributed by atoms with Crippen LogP contribution in [0.4, 0.5) is 10.1 Å². The van der Waals surface area contributed by atoms with Crippen molar-refractivity contribution in [3.8, 4) is 0 Å². The van der Waals surface area contributed by atoms with Gasteiger partial charge in [-0.1, -0.05) is 15.9 Å². The highest BCUT2D eigenvalue weighted by Crippen LogP contribution is 2.28. The minimum Gasteiger partial charge on any atom is -0.399 e. The molecule has 1 atom stereocenters. The molecule has 2 N–H and O–H groups in total. The second-order valence-corrected chi connectivity index (χ2v) is 8.00. The van der Waals surface area contributed by atoms with Crippen molar-refractivity contribution in [2.45, 2.75) is 10.1 Å². The summed E-state index contributed by atoms with van der Waals surface area (Å²) in [5.41, 5.74) is 7.52. The highest BCUT2D eigenvalue weighted by molar-refractivity contribution is 9.10. The van der Waals surface area contributed by atoms with Crippen LogP contribution < -0.4 is 5.73 Å². The Morgan fingerprint density at radius 1 is 1.29 bits per heavy atom. The largest absolute Gasteiger partial charge is 0.399 e. The van der Waals surface area contributed by atoms with Crippen molar-refractivity contribution in [3.63, 3.8) is 0 Å². The first-order chi connectivity index (χ1) is 10.0. The quantitative estimate of drug-likeness (QED) is 0.691. The first-order valence-electron chi connectivity index (χ1n) is 6.01. The lowest BCUT2D eigenvalue weighted by Gasteiger charge is -2.02. The molecule has 0 radical (unpaired) electrons. The summed E-state index contributed by atoms with van der Waals surface area (Å²) in [7, 11) is -1.39. The lowest BCUT2D eigenvalue weighted by molar-refractivity contribution is 0.615. The van der Waals surface area contributed by atoms with Crippen LogP contribution in [0.1, 0.15) is 5.56 Å². The second-order valence-electron chi connectivity index (χ2n) is 4.43. The van der Waals surface area contributed by atoms with Gasteiger partial charge in [-0.15, -0.1) is 11.3 Å². The Kier molecular flexibility index (Phi) is 4.05. The molecule has 108 valence electrons. The average Bonchev–Trinajstić information content (AvgIpc) is 2.86. The summed E-state index contributed by atoms with van der Waals surface area (Å²) < 4.78 is 28.2. The summed E-state index contributed by atoms with van der Waals surface area (Å²) in [5.74, 6) is -0.266. The summed E-state index contributed by atoms with van der Waals surface area (Å²) in [6.45, 7) is 0. The third-order valence-electron chi connectivity index (χ3n) is 2.88. The summed E-state index contributed by atoms with van der Waals surface area (Å²) >= 11 is 4.61. The molecule has 0 aliphatic heterocycles. The third kappa shape index (κ3) is 3.14. The van der Waals surface area contributed by atoms with Crippen molar-refractivity contribution in [1.82, 2.24) is 4.98 Å². The molecule has 1 heterocycles. The van der Waals surface area contributed by atoms with Gasteiger partial charge in [-0.05, 0) is 36.4 Å². The number of halogens is 2. The van der Waals surface area contributed by atoms with Gasteiger partial charge in [-0.2, -0.15) is 0 Å².